The molecule has 0 aromatic heterocycles. The van der Waals surface area contributed by atoms with E-state index in [0.717, 1.165) is 25.5 Å². The maximum absolute atomic E-state index is 13.0. The zero-order chi connectivity index (χ0) is 17.6. The van der Waals surface area contributed by atoms with Crippen molar-refractivity contribution < 1.29 is 22.7 Å². The molecular formula is C17H23F3N2O2. The third kappa shape index (κ3) is 5.12. The molecule has 7 heteroatoms. The van der Waals surface area contributed by atoms with Gasteiger partial charge in [-0.1, -0.05) is 19.1 Å². The summed E-state index contributed by atoms with van der Waals surface area (Å²) in [7, 11) is 0. The topological polar surface area (TPSA) is 50.4 Å². The predicted octanol–water partition coefficient (Wildman–Crippen LogP) is 2.98. The SMILES string of the molecule is CCC(CNC(=O)C1CCCNC1)Oc1ccccc1C(F)(F)F. The highest BCUT2D eigenvalue weighted by Gasteiger charge is 2.34. The first-order chi connectivity index (χ1) is 11.4. The Bertz CT molecular complexity index is 543. The van der Waals surface area contributed by atoms with Gasteiger partial charge in [0.05, 0.1) is 18.0 Å². The van der Waals surface area contributed by atoms with E-state index in [1.807, 2.05) is 6.92 Å². The van der Waals surface area contributed by atoms with Crippen molar-refractivity contribution in [1.29, 1.82) is 0 Å². The molecule has 0 bridgehead atoms. The molecule has 2 N–H and O–H groups in total. The molecule has 0 aliphatic carbocycles. The second kappa shape index (κ2) is 8.37. The Morgan fingerprint density at radius 3 is 2.79 bits per heavy atom. The lowest BCUT2D eigenvalue weighted by atomic mass is 9.99. The summed E-state index contributed by atoms with van der Waals surface area (Å²) in [5.74, 6) is -0.363. The Balaban J connectivity index is 1.94. The lowest BCUT2D eigenvalue weighted by molar-refractivity contribution is -0.139. The van der Waals surface area contributed by atoms with Gasteiger partial charge in [-0.05, 0) is 37.9 Å². The van der Waals surface area contributed by atoms with Crippen molar-refractivity contribution in [2.24, 2.45) is 5.92 Å². The van der Waals surface area contributed by atoms with Crippen LogP contribution in [0.25, 0.3) is 0 Å². The molecule has 4 nitrogen and oxygen atoms in total. The second-order valence-corrected chi connectivity index (χ2v) is 5.93. The number of ether oxygens (including phenoxy) is 1. The van der Waals surface area contributed by atoms with Crippen molar-refractivity contribution in [3.63, 3.8) is 0 Å². The Morgan fingerprint density at radius 1 is 1.42 bits per heavy atom. The van der Waals surface area contributed by atoms with Crippen LogP contribution < -0.4 is 15.4 Å². The van der Waals surface area contributed by atoms with Crippen molar-refractivity contribution >= 4 is 5.91 Å². The highest BCUT2D eigenvalue weighted by atomic mass is 19.4. The van der Waals surface area contributed by atoms with Crippen LogP contribution in [0.4, 0.5) is 13.2 Å². The maximum atomic E-state index is 13.0. The minimum absolute atomic E-state index is 0.0756. The van der Waals surface area contributed by atoms with E-state index in [2.05, 4.69) is 10.6 Å². The molecule has 1 amide bonds. The van der Waals surface area contributed by atoms with Crippen LogP contribution in [0.2, 0.25) is 0 Å². The smallest absolute Gasteiger partial charge is 0.419 e. The number of para-hydroxylation sites is 1. The number of hydrogen-bond acceptors (Lipinski definition) is 3. The molecule has 134 valence electrons. The van der Waals surface area contributed by atoms with E-state index in [1.54, 1.807) is 0 Å². The summed E-state index contributed by atoms with van der Waals surface area (Å²) in [6, 6.07) is 5.13. The van der Waals surface area contributed by atoms with Gasteiger partial charge in [-0.3, -0.25) is 4.79 Å². The molecule has 2 atom stereocenters. The lowest BCUT2D eigenvalue weighted by Crippen LogP contribution is -2.43. The molecule has 1 aromatic carbocycles. The Hall–Kier alpha value is -1.76. The second-order valence-electron chi connectivity index (χ2n) is 5.93. The average Bonchev–Trinajstić information content (AvgIpc) is 2.58. The monoisotopic (exact) mass is 344 g/mol. The van der Waals surface area contributed by atoms with Crippen LogP contribution in [-0.2, 0) is 11.0 Å². The summed E-state index contributed by atoms with van der Waals surface area (Å²) in [6.45, 7) is 3.56. The molecule has 24 heavy (non-hydrogen) atoms. The summed E-state index contributed by atoms with van der Waals surface area (Å²) in [5.41, 5.74) is -0.800. The van der Waals surface area contributed by atoms with Gasteiger partial charge in [0, 0.05) is 6.54 Å². The molecule has 0 radical (unpaired) electrons. The quantitative estimate of drug-likeness (QED) is 0.834. The number of benzene rings is 1. The summed E-state index contributed by atoms with van der Waals surface area (Å²) >= 11 is 0. The summed E-state index contributed by atoms with van der Waals surface area (Å²) in [5, 5.41) is 5.96. The number of carbonyl (C=O) groups is 1. The zero-order valence-corrected chi connectivity index (χ0v) is 13.7. The molecule has 0 spiro atoms. The standard InChI is InChI=1S/C17H23F3N2O2/c1-2-13(11-22-16(23)12-6-5-9-21-10-12)24-15-8-4-3-7-14(15)17(18,19)20/h3-4,7-8,12-13,21H,2,5-6,9-11H2,1H3,(H,22,23). The number of nitrogens with one attached hydrogen (secondary N) is 2. The van der Waals surface area contributed by atoms with E-state index in [-0.39, 0.29) is 24.1 Å². The molecule has 2 rings (SSSR count). The summed E-state index contributed by atoms with van der Waals surface area (Å²) in [6.07, 6.45) is -2.70. The average molecular weight is 344 g/mol. The molecule has 0 saturated carbocycles. The van der Waals surface area contributed by atoms with Crippen LogP contribution in [0.3, 0.4) is 0 Å². The van der Waals surface area contributed by atoms with Crippen molar-refractivity contribution in [3.05, 3.63) is 29.8 Å². The van der Waals surface area contributed by atoms with Gasteiger partial charge < -0.3 is 15.4 Å². The van der Waals surface area contributed by atoms with E-state index < -0.39 is 17.8 Å². The van der Waals surface area contributed by atoms with Crippen molar-refractivity contribution in [2.45, 2.75) is 38.5 Å². The molecule has 1 saturated heterocycles. The van der Waals surface area contributed by atoms with Gasteiger partial charge in [-0.15, -0.1) is 0 Å². The lowest BCUT2D eigenvalue weighted by Gasteiger charge is -2.24. The van der Waals surface area contributed by atoms with Crippen molar-refractivity contribution in [2.75, 3.05) is 19.6 Å². The number of hydrogen-bond donors (Lipinski definition) is 2. The largest absolute Gasteiger partial charge is 0.488 e. The predicted molar refractivity (Wildman–Crippen MR) is 84.8 cm³/mol. The number of carbonyl (C=O) groups excluding carboxylic acids is 1. The number of piperidine rings is 1. The maximum Gasteiger partial charge on any atom is 0.419 e. The van der Waals surface area contributed by atoms with Gasteiger partial charge in [0.25, 0.3) is 0 Å². The molecule has 1 aliphatic heterocycles. The van der Waals surface area contributed by atoms with Crippen molar-refractivity contribution in [3.8, 4) is 5.75 Å². The molecule has 1 aliphatic rings. The molecular weight excluding hydrogens is 321 g/mol. The van der Waals surface area contributed by atoms with Gasteiger partial charge in [0.15, 0.2) is 0 Å². The summed E-state index contributed by atoms with van der Waals surface area (Å²) < 4.78 is 44.5. The Labute approximate surface area is 139 Å². The first-order valence-corrected chi connectivity index (χ1v) is 8.23. The van der Waals surface area contributed by atoms with Crippen LogP contribution in [0.15, 0.2) is 24.3 Å². The van der Waals surface area contributed by atoms with E-state index in [0.29, 0.717) is 13.0 Å². The van der Waals surface area contributed by atoms with Gasteiger partial charge in [-0.2, -0.15) is 13.2 Å². The van der Waals surface area contributed by atoms with Crippen LogP contribution in [-0.4, -0.2) is 31.6 Å². The molecule has 1 fully saturated rings. The minimum Gasteiger partial charge on any atom is -0.488 e. The van der Waals surface area contributed by atoms with Gasteiger partial charge in [0.2, 0.25) is 5.91 Å². The fraction of sp³-hybridized carbons (Fsp3) is 0.588. The normalized spacial score (nSPS) is 19.6. The van der Waals surface area contributed by atoms with E-state index in [1.165, 1.54) is 18.2 Å². The molecule has 2 unspecified atom stereocenters. The van der Waals surface area contributed by atoms with Gasteiger partial charge >= 0.3 is 6.18 Å². The number of halogens is 3. The Kier molecular flexibility index (Phi) is 6.48. The highest BCUT2D eigenvalue weighted by molar-refractivity contribution is 5.79. The van der Waals surface area contributed by atoms with E-state index in [9.17, 15) is 18.0 Å². The minimum atomic E-state index is -4.47. The summed E-state index contributed by atoms with van der Waals surface area (Å²) in [4.78, 5) is 12.1. The number of alkyl halides is 3. The fourth-order valence-corrected chi connectivity index (χ4v) is 2.69. The van der Waals surface area contributed by atoms with Gasteiger partial charge in [-0.25, -0.2) is 0 Å². The zero-order valence-electron chi connectivity index (χ0n) is 13.7. The molecule has 1 heterocycles. The van der Waals surface area contributed by atoms with Crippen molar-refractivity contribution in [1.82, 2.24) is 10.6 Å². The van der Waals surface area contributed by atoms with Crippen LogP contribution in [0.5, 0.6) is 5.75 Å². The molecule has 1 aromatic rings. The fourth-order valence-electron chi connectivity index (χ4n) is 2.69. The highest BCUT2D eigenvalue weighted by Crippen LogP contribution is 2.36. The third-order valence-corrected chi connectivity index (χ3v) is 4.11. The van der Waals surface area contributed by atoms with Gasteiger partial charge in [0.1, 0.15) is 11.9 Å². The first-order valence-electron chi connectivity index (χ1n) is 8.23. The van der Waals surface area contributed by atoms with Crippen LogP contribution >= 0.6 is 0 Å². The van der Waals surface area contributed by atoms with E-state index in [4.69, 9.17) is 4.74 Å². The number of rotatable bonds is 6. The van der Waals surface area contributed by atoms with Crippen LogP contribution in [0, 0.1) is 5.92 Å². The number of amides is 1. The first kappa shape index (κ1) is 18.6. The third-order valence-electron chi connectivity index (χ3n) is 4.11. The van der Waals surface area contributed by atoms with E-state index >= 15 is 0 Å². The van der Waals surface area contributed by atoms with Crippen LogP contribution in [0.1, 0.15) is 31.7 Å². The Morgan fingerprint density at radius 2 is 2.17 bits per heavy atom.